The summed E-state index contributed by atoms with van der Waals surface area (Å²) in [6, 6.07) is 5.24. The largest absolute Gasteiger partial charge is 0.497 e. The highest BCUT2D eigenvalue weighted by atomic mass is 32.1. The van der Waals surface area contributed by atoms with Gasteiger partial charge in [-0.25, -0.2) is 0 Å². The van der Waals surface area contributed by atoms with E-state index in [1.807, 2.05) is 11.8 Å². The van der Waals surface area contributed by atoms with Crippen LogP contribution in [0.4, 0.5) is 0 Å². The first kappa shape index (κ1) is 19.4. The SMILES string of the molecule is CCOc1nnc(CN2CCN(C(=O)c3cc(OC)cc(OC)c3)CC2)s1. The topological polar surface area (TPSA) is 77.0 Å². The van der Waals surface area contributed by atoms with Crippen LogP contribution in [0.2, 0.25) is 0 Å². The number of carbonyl (C=O) groups is 1. The van der Waals surface area contributed by atoms with Crippen LogP contribution in [0.3, 0.4) is 0 Å². The highest BCUT2D eigenvalue weighted by Gasteiger charge is 2.24. The molecule has 0 aliphatic carbocycles. The first-order valence-corrected chi connectivity index (χ1v) is 9.64. The zero-order valence-electron chi connectivity index (χ0n) is 15.8. The van der Waals surface area contributed by atoms with E-state index in [0.717, 1.165) is 24.6 Å². The number of amides is 1. The molecule has 1 aromatic carbocycles. The van der Waals surface area contributed by atoms with Crippen molar-refractivity contribution < 1.29 is 19.0 Å². The van der Waals surface area contributed by atoms with E-state index in [-0.39, 0.29) is 5.91 Å². The van der Waals surface area contributed by atoms with Gasteiger partial charge in [-0.05, 0) is 19.1 Å². The Bertz CT molecular complexity index is 752. The molecule has 1 amide bonds. The van der Waals surface area contributed by atoms with Crippen molar-refractivity contribution in [2.24, 2.45) is 0 Å². The number of benzene rings is 1. The van der Waals surface area contributed by atoms with Crippen molar-refractivity contribution in [3.05, 3.63) is 28.8 Å². The summed E-state index contributed by atoms with van der Waals surface area (Å²) in [6.07, 6.45) is 0. The third kappa shape index (κ3) is 4.86. The standard InChI is InChI=1S/C18H24N4O4S/c1-4-26-18-20-19-16(27-18)12-21-5-7-22(8-6-21)17(23)13-9-14(24-2)11-15(10-13)25-3/h9-11H,4-8,12H2,1-3H3. The molecule has 0 spiro atoms. The van der Waals surface area contributed by atoms with E-state index >= 15 is 0 Å². The molecule has 1 aliphatic rings. The van der Waals surface area contributed by atoms with Crippen LogP contribution < -0.4 is 14.2 Å². The highest BCUT2D eigenvalue weighted by molar-refractivity contribution is 7.13. The van der Waals surface area contributed by atoms with Gasteiger partial charge in [0.05, 0.1) is 27.4 Å². The van der Waals surface area contributed by atoms with Crippen molar-refractivity contribution in [1.82, 2.24) is 20.0 Å². The third-order valence-corrected chi connectivity index (χ3v) is 5.15. The quantitative estimate of drug-likeness (QED) is 0.712. The van der Waals surface area contributed by atoms with Crippen molar-refractivity contribution >= 4 is 17.2 Å². The zero-order valence-corrected chi connectivity index (χ0v) is 16.6. The minimum Gasteiger partial charge on any atom is -0.497 e. The summed E-state index contributed by atoms with van der Waals surface area (Å²) in [4.78, 5) is 17.0. The van der Waals surface area contributed by atoms with Gasteiger partial charge in [-0.15, -0.1) is 10.2 Å². The lowest BCUT2D eigenvalue weighted by Crippen LogP contribution is -2.48. The lowest BCUT2D eigenvalue weighted by atomic mass is 10.1. The molecule has 0 unspecified atom stereocenters. The highest BCUT2D eigenvalue weighted by Crippen LogP contribution is 2.24. The van der Waals surface area contributed by atoms with Gasteiger partial charge in [0, 0.05) is 37.8 Å². The number of aromatic nitrogens is 2. The van der Waals surface area contributed by atoms with Crippen LogP contribution in [0.1, 0.15) is 22.3 Å². The molecule has 0 bridgehead atoms. The van der Waals surface area contributed by atoms with Gasteiger partial charge in [0.1, 0.15) is 16.5 Å². The zero-order chi connectivity index (χ0) is 19.2. The van der Waals surface area contributed by atoms with Crippen LogP contribution in [0, 0.1) is 0 Å². The van der Waals surface area contributed by atoms with Crippen molar-refractivity contribution in [3.8, 4) is 16.7 Å². The second-order valence-electron chi connectivity index (χ2n) is 6.06. The average molecular weight is 392 g/mol. The van der Waals surface area contributed by atoms with Crippen LogP contribution in [0.15, 0.2) is 18.2 Å². The van der Waals surface area contributed by atoms with E-state index in [9.17, 15) is 4.79 Å². The Hall–Kier alpha value is -2.39. The van der Waals surface area contributed by atoms with Gasteiger partial charge in [-0.1, -0.05) is 11.3 Å². The van der Waals surface area contributed by atoms with E-state index in [4.69, 9.17) is 14.2 Å². The molecule has 2 heterocycles. The number of nitrogens with zero attached hydrogens (tertiary/aromatic N) is 4. The van der Waals surface area contributed by atoms with Crippen molar-refractivity contribution in [1.29, 1.82) is 0 Å². The van der Waals surface area contributed by atoms with Gasteiger partial charge < -0.3 is 19.1 Å². The Morgan fingerprint density at radius 3 is 2.33 bits per heavy atom. The molecule has 1 aromatic heterocycles. The van der Waals surface area contributed by atoms with E-state index in [2.05, 4.69) is 15.1 Å². The Morgan fingerprint density at radius 2 is 1.74 bits per heavy atom. The normalized spacial score (nSPS) is 14.9. The molecule has 1 fully saturated rings. The minimum absolute atomic E-state index is 0.0126. The molecule has 0 N–H and O–H groups in total. The molecule has 0 radical (unpaired) electrons. The first-order valence-electron chi connectivity index (χ1n) is 8.82. The molecule has 0 atom stereocenters. The molecule has 1 saturated heterocycles. The van der Waals surface area contributed by atoms with E-state index in [1.54, 1.807) is 32.4 Å². The van der Waals surface area contributed by atoms with Gasteiger partial charge in [0.2, 0.25) is 0 Å². The lowest BCUT2D eigenvalue weighted by molar-refractivity contribution is 0.0627. The van der Waals surface area contributed by atoms with Crippen molar-refractivity contribution in [2.75, 3.05) is 47.0 Å². The summed E-state index contributed by atoms with van der Waals surface area (Å²) in [7, 11) is 3.15. The number of carbonyl (C=O) groups excluding carboxylic acids is 1. The number of ether oxygens (including phenoxy) is 3. The summed E-state index contributed by atoms with van der Waals surface area (Å²) in [6.45, 7) is 6.14. The molecular formula is C18H24N4O4S. The summed E-state index contributed by atoms with van der Waals surface area (Å²) in [5.41, 5.74) is 0.574. The fraction of sp³-hybridized carbons (Fsp3) is 0.500. The predicted molar refractivity (Wildman–Crippen MR) is 102 cm³/mol. The summed E-state index contributed by atoms with van der Waals surface area (Å²) in [5, 5.41) is 9.71. The molecule has 8 nitrogen and oxygen atoms in total. The lowest BCUT2D eigenvalue weighted by Gasteiger charge is -2.34. The Balaban J connectivity index is 1.57. The monoisotopic (exact) mass is 392 g/mol. The fourth-order valence-corrected chi connectivity index (χ4v) is 3.69. The molecule has 3 rings (SSSR count). The minimum atomic E-state index is -0.0126. The van der Waals surface area contributed by atoms with Crippen LogP contribution >= 0.6 is 11.3 Å². The maximum atomic E-state index is 12.8. The fourth-order valence-electron chi connectivity index (χ4n) is 2.90. The maximum absolute atomic E-state index is 12.8. The third-order valence-electron chi connectivity index (χ3n) is 4.33. The van der Waals surface area contributed by atoms with Crippen LogP contribution in [0.25, 0.3) is 0 Å². The number of hydrogen-bond acceptors (Lipinski definition) is 8. The maximum Gasteiger partial charge on any atom is 0.294 e. The van der Waals surface area contributed by atoms with Gasteiger partial charge >= 0.3 is 0 Å². The molecule has 0 saturated carbocycles. The van der Waals surface area contributed by atoms with Gasteiger partial charge in [0.25, 0.3) is 11.1 Å². The number of piperazine rings is 1. The molecule has 1 aliphatic heterocycles. The van der Waals surface area contributed by atoms with Crippen molar-refractivity contribution in [3.63, 3.8) is 0 Å². The van der Waals surface area contributed by atoms with E-state index in [0.29, 0.717) is 42.0 Å². The number of rotatable bonds is 7. The second-order valence-corrected chi connectivity index (χ2v) is 7.09. The summed E-state index contributed by atoms with van der Waals surface area (Å²) < 4.78 is 15.9. The first-order chi connectivity index (χ1) is 13.1. The smallest absolute Gasteiger partial charge is 0.294 e. The molecule has 2 aromatic rings. The number of methoxy groups -OCH3 is 2. The average Bonchev–Trinajstić information content (AvgIpc) is 3.14. The molecule has 146 valence electrons. The van der Waals surface area contributed by atoms with E-state index in [1.165, 1.54) is 11.3 Å². The predicted octanol–water partition coefficient (Wildman–Crippen LogP) is 1.91. The Kier molecular flexibility index (Phi) is 6.46. The van der Waals surface area contributed by atoms with Crippen molar-refractivity contribution in [2.45, 2.75) is 13.5 Å². The molecule has 27 heavy (non-hydrogen) atoms. The number of hydrogen-bond donors (Lipinski definition) is 0. The van der Waals surface area contributed by atoms with Gasteiger partial charge in [0.15, 0.2) is 0 Å². The Labute approximate surface area is 162 Å². The molecule has 9 heteroatoms. The van der Waals surface area contributed by atoms with Crippen LogP contribution in [-0.4, -0.2) is 72.9 Å². The van der Waals surface area contributed by atoms with Gasteiger partial charge in [-0.2, -0.15) is 0 Å². The molecular weight excluding hydrogens is 368 g/mol. The summed E-state index contributed by atoms with van der Waals surface area (Å²) >= 11 is 1.47. The van der Waals surface area contributed by atoms with Gasteiger partial charge in [-0.3, -0.25) is 9.69 Å². The van der Waals surface area contributed by atoms with E-state index < -0.39 is 0 Å². The van der Waals surface area contributed by atoms with Crippen LogP contribution in [-0.2, 0) is 6.54 Å². The van der Waals surface area contributed by atoms with Crippen LogP contribution in [0.5, 0.6) is 16.7 Å². The Morgan fingerprint density at radius 1 is 1.07 bits per heavy atom. The summed E-state index contributed by atoms with van der Waals surface area (Å²) in [5.74, 6) is 1.21. The second kappa shape index (κ2) is 9.01.